The van der Waals surface area contributed by atoms with Gasteiger partial charge in [-0.25, -0.2) is 4.98 Å². The number of carbonyl (C=O) groups is 1. The van der Waals surface area contributed by atoms with Crippen molar-refractivity contribution in [2.75, 3.05) is 24.3 Å². The lowest BCUT2D eigenvalue weighted by atomic mass is 10.1. The Morgan fingerprint density at radius 2 is 1.97 bits per heavy atom. The number of nitrogens with one attached hydrogen (secondary N) is 3. The van der Waals surface area contributed by atoms with Gasteiger partial charge in [-0.2, -0.15) is 4.98 Å². The number of aliphatic hydroxyl groups is 1. The third-order valence-corrected chi connectivity index (χ3v) is 5.49. The van der Waals surface area contributed by atoms with E-state index in [1.54, 1.807) is 24.4 Å². The van der Waals surface area contributed by atoms with Crippen LogP contribution in [0.3, 0.4) is 0 Å². The van der Waals surface area contributed by atoms with Crippen molar-refractivity contribution >= 4 is 35.0 Å². The summed E-state index contributed by atoms with van der Waals surface area (Å²) in [6.07, 6.45) is 2.15. The van der Waals surface area contributed by atoms with E-state index in [1.807, 2.05) is 37.3 Å². The van der Waals surface area contributed by atoms with Gasteiger partial charge in [0, 0.05) is 25.4 Å². The molecule has 2 aromatic carbocycles. The lowest BCUT2D eigenvalue weighted by molar-refractivity contribution is 0.0963. The molecule has 10 nitrogen and oxygen atoms in total. The normalized spacial score (nSPS) is 11.7. The van der Waals surface area contributed by atoms with Crippen LogP contribution in [0, 0.1) is 0 Å². The minimum Gasteiger partial charge on any atom is -0.421 e. The first-order valence-electron chi connectivity index (χ1n) is 10.9. The van der Waals surface area contributed by atoms with Crippen molar-refractivity contribution in [1.29, 1.82) is 0 Å². The Bertz CT molecular complexity index is 1310. The molecule has 4 aromatic rings. The summed E-state index contributed by atoms with van der Waals surface area (Å²) >= 11 is 6.27. The molecule has 0 aliphatic carbocycles. The maximum atomic E-state index is 11.9. The molecule has 0 saturated carbocycles. The molecular formula is C24H24ClN7O3. The van der Waals surface area contributed by atoms with Gasteiger partial charge >= 0.3 is 0 Å². The number of nitrogens with zero attached hydrogens (tertiary/aromatic N) is 4. The highest BCUT2D eigenvalue weighted by atomic mass is 35.5. The van der Waals surface area contributed by atoms with Crippen LogP contribution in [-0.2, 0) is 6.42 Å². The van der Waals surface area contributed by atoms with Crippen molar-refractivity contribution in [3.8, 4) is 11.5 Å². The fourth-order valence-corrected chi connectivity index (χ4v) is 3.61. The highest BCUT2D eigenvalue weighted by molar-refractivity contribution is 6.34. The van der Waals surface area contributed by atoms with Crippen molar-refractivity contribution < 1.29 is 14.3 Å². The van der Waals surface area contributed by atoms with Crippen molar-refractivity contribution in [2.45, 2.75) is 19.4 Å². The maximum absolute atomic E-state index is 11.9. The Kier molecular flexibility index (Phi) is 7.54. The lowest BCUT2D eigenvalue weighted by Gasteiger charge is -2.19. The lowest BCUT2D eigenvalue weighted by Crippen LogP contribution is -2.18. The van der Waals surface area contributed by atoms with Crippen LogP contribution in [0.4, 0.5) is 17.5 Å². The van der Waals surface area contributed by atoms with Crippen LogP contribution < -0.4 is 16.0 Å². The summed E-state index contributed by atoms with van der Waals surface area (Å²) in [5, 5.41) is 27.4. The zero-order chi connectivity index (χ0) is 24.8. The molecule has 0 bridgehead atoms. The zero-order valence-corrected chi connectivity index (χ0v) is 19.9. The third kappa shape index (κ3) is 5.56. The minimum absolute atomic E-state index is 0.170. The van der Waals surface area contributed by atoms with Crippen LogP contribution >= 0.6 is 11.6 Å². The number of aryl methyl sites for hydroxylation is 1. The molecule has 2 aromatic heterocycles. The fraction of sp³-hybridized carbons (Fsp3) is 0.208. The summed E-state index contributed by atoms with van der Waals surface area (Å²) in [5.74, 6) is 1.12. The van der Waals surface area contributed by atoms with Gasteiger partial charge in [0.25, 0.3) is 11.8 Å². The van der Waals surface area contributed by atoms with Gasteiger partial charge in [-0.15, -0.1) is 10.2 Å². The Morgan fingerprint density at radius 3 is 2.63 bits per heavy atom. The van der Waals surface area contributed by atoms with Crippen molar-refractivity contribution in [1.82, 2.24) is 25.5 Å². The van der Waals surface area contributed by atoms with E-state index in [1.165, 1.54) is 7.05 Å². The average molecular weight is 494 g/mol. The van der Waals surface area contributed by atoms with E-state index in [0.717, 1.165) is 5.56 Å². The van der Waals surface area contributed by atoms with E-state index in [4.69, 9.17) is 16.0 Å². The van der Waals surface area contributed by atoms with E-state index in [2.05, 4.69) is 36.1 Å². The second-order valence-corrected chi connectivity index (χ2v) is 7.91. The Hall–Kier alpha value is -4.02. The van der Waals surface area contributed by atoms with Gasteiger partial charge in [-0.3, -0.25) is 4.79 Å². The number of rotatable bonds is 9. The molecule has 4 N–H and O–H groups in total. The molecule has 11 heteroatoms. The average Bonchev–Trinajstić information content (AvgIpc) is 3.37. The summed E-state index contributed by atoms with van der Waals surface area (Å²) in [7, 11) is 1.54. The van der Waals surface area contributed by atoms with Crippen molar-refractivity contribution in [3.05, 3.63) is 76.8 Å². The molecular weight excluding hydrogens is 470 g/mol. The van der Waals surface area contributed by atoms with Gasteiger partial charge in [0.15, 0.2) is 0 Å². The second-order valence-electron chi connectivity index (χ2n) is 7.50. The van der Waals surface area contributed by atoms with Crippen LogP contribution in [-0.4, -0.2) is 44.8 Å². The molecule has 0 radical (unpaired) electrons. The first-order chi connectivity index (χ1) is 17.0. The number of aromatic nitrogens is 4. The molecule has 0 saturated heterocycles. The summed E-state index contributed by atoms with van der Waals surface area (Å²) < 4.78 is 5.72. The highest BCUT2D eigenvalue weighted by Gasteiger charge is 2.20. The van der Waals surface area contributed by atoms with E-state index < -0.39 is 6.04 Å². The Morgan fingerprint density at radius 1 is 1.17 bits per heavy atom. The van der Waals surface area contributed by atoms with Crippen LogP contribution in [0.25, 0.3) is 11.5 Å². The monoisotopic (exact) mass is 493 g/mol. The quantitative estimate of drug-likeness (QED) is 0.272. The predicted octanol–water partition coefficient (Wildman–Crippen LogP) is 3.99. The van der Waals surface area contributed by atoms with Crippen LogP contribution in [0.5, 0.6) is 0 Å². The van der Waals surface area contributed by atoms with Gasteiger partial charge in [0.1, 0.15) is 5.82 Å². The highest BCUT2D eigenvalue weighted by Crippen LogP contribution is 2.30. The Balaban J connectivity index is 1.68. The number of hydrogen-bond donors (Lipinski definition) is 4. The first-order valence-corrected chi connectivity index (χ1v) is 11.3. The van der Waals surface area contributed by atoms with Crippen LogP contribution in [0.15, 0.2) is 59.1 Å². The van der Waals surface area contributed by atoms with Gasteiger partial charge in [0.2, 0.25) is 11.8 Å². The predicted molar refractivity (Wildman–Crippen MR) is 133 cm³/mol. The standard InChI is InChI=1S/C24H24ClN7O3/c1-3-20-31-32-23(35-20)17-12-27-24(28-15-9-10-16(18(25)11-15)22(34)26-2)30-21(17)29-19(13-33)14-7-5-4-6-8-14/h4-12,19,33H,3,13H2,1-2H3,(H,26,34)(H2,27,28,29,30)/t19-/m1/s1. The van der Waals surface area contributed by atoms with Gasteiger partial charge < -0.3 is 25.5 Å². The molecule has 1 atom stereocenters. The molecule has 0 unspecified atom stereocenters. The number of aliphatic hydroxyl groups excluding tert-OH is 1. The summed E-state index contributed by atoms with van der Waals surface area (Å²) in [6, 6.07) is 14.0. The molecule has 0 fully saturated rings. The van der Waals surface area contributed by atoms with Gasteiger partial charge in [-0.05, 0) is 23.8 Å². The van der Waals surface area contributed by atoms with Gasteiger partial charge in [-0.1, -0.05) is 48.9 Å². The van der Waals surface area contributed by atoms with E-state index in [-0.39, 0.29) is 29.4 Å². The molecule has 0 aliphatic rings. The summed E-state index contributed by atoms with van der Waals surface area (Å²) in [6.45, 7) is 1.74. The molecule has 2 heterocycles. The molecule has 0 aliphatic heterocycles. The summed E-state index contributed by atoms with van der Waals surface area (Å²) in [4.78, 5) is 20.9. The van der Waals surface area contributed by atoms with Gasteiger partial charge in [0.05, 0.1) is 28.8 Å². The number of anilines is 3. The maximum Gasteiger partial charge on any atom is 0.253 e. The van der Waals surface area contributed by atoms with Crippen LogP contribution in [0.2, 0.25) is 5.02 Å². The largest absolute Gasteiger partial charge is 0.421 e. The molecule has 35 heavy (non-hydrogen) atoms. The topological polar surface area (TPSA) is 138 Å². The van der Waals surface area contributed by atoms with Crippen LogP contribution in [0.1, 0.15) is 34.8 Å². The Labute approximate surface area is 206 Å². The SMILES string of the molecule is CCc1nnc(-c2cnc(Nc3ccc(C(=O)NC)c(Cl)c3)nc2N[C@H](CO)c2ccccc2)o1. The minimum atomic E-state index is -0.437. The van der Waals surface area contributed by atoms with Crippen molar-refractivity contribution in [3.63, 3.8) is 0 Å². The number of hydrogen-bond acceptors (Lipinski definition) is 9. The third-order valence-electron chi connectivity index (χ3n) is 5.18. The van der Waals surface area contributed by atoms with E-state index in [9.17, 15) is 9.90 Å². The molecule has 4 rings (SSSR count). The zero-order valence-electron chi connectivity index (χ0n) is 19.1. The smallest absolute Gasteiger partial charge is 0.253 e. The molecule has 180 valence electrons. The number of halogens is 1. The fourth-order valence-electron chi connectivity index (χ4n) is 3.34. The molecule has 1 amide bonds. The molecule has 0 spiro atoms. The van der Waals surface area contributed by atoms with Crippen molar-refractivity contribution in [2.24, 2.45) is 0 Å². The van der Waals surface area contributed by atoms with E-state index in [0.29, 0.717) is 34.9 Å². The number of benzene rings is 2. The van der Waals surface area contributed by atoms with E-state index >= 15 is 0 Å². The first kappa shape index (κ1) is 24.1. The number of amides is 1. The second kappa shape index (κ2) is 10.9. The number of carbonyl (C=O) groups excluding carboxylic acids is 1. The summed E-state index contributed by atoms with van der Waals surface area (Å²) in [5.41, 5.74) is 2.32.